The fraction of sp³-hybridized carbons (Fsp3) is 0.273. The maximum Gasteiger partial charge on any atom is 0.159 e. The van der Waals surface area contributed by atoms with Crippen molar-refractivity contribution in [1.29, 1.82) is 0 Å². The molecule has 72 valence electrons. The first-order valence-corrected chi connectivity index (χ1v) is 5.85. The molecule has 1 aliphatic carbocycles. The van der Waals surface area contributed by atoms with Crippen LogP contribution in [0.15, 0.2) is 35.5 Å². The summed E-state index contributed by atoms with van der Waals surface area (Å²) in [7, 11) is 0. The lowest BCUT2D eigenvalue weighted by atomic mass is 10.1. The maximum absolute atomic E-state index is 4.27. The van der Waals surface area contributed by atoms with Gasteiger partial charge in [0.05, 0.1) is 0 Å². The summed E-state index contributed by atoms with van der Waals surface area (Å²) >= 11 is 1.80. The molecular formula is C11H12N2S. The number of nitrogens with zero attached hydrogens (tertiary/aromatic N) is 2. The third kappa shape index (κ3) is 1.87. The van der Waals surface area contributed by atoms with Crippen molar-refractivity contribution >= 4 is 17.3 Å². The minimum Gasteiger partial charge on any atom is -0.237 e. The van der Waals surface area contributed by atoms with E-state index in [2.05, 4.69) is 28.4 Å². The molecule has 0 bridgehead atoms. The van der Waals surface area contributed by atoms with Gasteiger partial charge < -0.3 is 0 Å². The van der Waals surface area contributed by atoms with Crippen molar-refractivity contribution in [3.05, 3.63) is 41.3 Å². The Morgan fingerprint density at radius 3 is 2.79 bits per heavy atom. The lowest BCUT2D eigenvalue weighted by Crippen LogP contribution is -1.96. The fourth-order valence-electron chi connectivity index (χ4n) is 1.49. The van der Waals surface area contributed by atoms with E-state index in [0.717, 1.165) is 18.7 Å². The molecule has 0 fully saturated rings. The van der Waals surface area contributed by atoms with Gasteiger partial charge in [0.1, 0.15) is 0 Å². The van der Waals surface area contributed by atoms with Crippen LogP contribution in [0.4, 0.5) is 0 Å². The van der Waals surface area contributed by atoms with E-state index in [4.69, 9.17) is 0 Å². The van der Waals surface area contributed by atoms with Crippen LogP contribution < -0.4 is 0 Å². The van der Waals surface area contributed by atoms with E-state index in [1.54, 1.807) is 24.2 Å². The zero-order chi connectivity index (χ0) is 9.80. The normalized spacial score (nSPS) is 16.1. The predicted octanol–water partition coefficient (Wildman–Crippen LogP) is 2.90. The molecular weight excluding hydrogens is 192 g/mol. The van der Waals surface area contributed by atoms with E-state index in [0.29, 0.717) is 0 Å². The van der Waals surface area contributed by atoms with Crippen LogP contribution in [0.1, 0.15) is 18.7 Å². The first-order valence-electron chi connectivity index (χ1n) is 4.63. The van der Waals surface area contributed by atoms with E-state index in [1.807, 2.05) is 6.07 Å². The van der Waals surface area contributed by atoms with Gasteiger partial charge in [0.25, 0.3) is 0 Å². The fourth-order valence-corrected chi connectivity index (χ4v) is 2.19. The van der Waals surface area contributed by atoms with E-state index in [1.165, 1.54) is 10.5 Å². The molecule has 1 aliphatic rings. The summed E-state index contributed by atoms with van der Waals surface area (Å²) in [5.74, 6) is 0.841. The van der Waals surface area contributed by atoms with Gasteiger partial charge >= 0.3 is 0 Å². The van der Waals surface area contributed by atoms with Gasteiger partial charge in [-0.25, -0.2) is 9.97 Å². The molecule has 0 aliphatic heterocycles. The number of aromatic nitrogens is 2. The SMILES string of the molecule is CSC1=C(c2ncccn2)C=CCC1. The van der Waals surface area contributed by atoms with Crippen LogP contribution in [0.3, 0.4) is 0 Å². The van der Waals surface area contributed by atoms with Crippen molar-refractivity contribution < 1.29 is 0 Å². The molecule has 0 amide bonds. The van der Waals surface area contributed by atoms with Gasteiger partial charge in [-0.3, -0.25) is 0 Å². The summed E-state index contributed by atoms with van der Waals surface area (Å²) in [5, 5.41) is 0. The molecule has 0 aromatic carbocycles. The molecule has 2 nitrogen and oxygen atoms in total. The minimum absolute atomic E-state index is 0.841. The molecule has 1 heterocycles. The van der Waals surface area contributed by atoms with Crippen molar-refractivity contribution in [3.63, 3.8) is 0 Å². The topological polar surface area (TPSA) is 25.8 Å². The van der Waals surface area contributed by atoms with Crippen LogP contribution in [0.25, 0.3) is 5.57 Å². The third-order valence-electron chi connectivity index (χ3n) is 2.18. The zero-order valence-electron chi connectivity index (χ0n) is 8.10. The second kappa shape index (κ2) is 4.42. The summed E-state index contributed by atoms with van der Waals surface area (Å²) in [6.07, 6.45) is 12.2. The van der Waals surface area contributed by atoms with Crippen LogP contribution in [0, 0.1) is 0 Å². The average Bonchev–Trinajstić information content (AvgIpc) is 2.30. The van der Waals surface area contributed by atoms with Gasteiger partial charge in [-0.05, 0) is 30.1 Å². The van der Waals surface area contributed by atoms with Gasteiger partial charge in [-0.15, -0.1) is 11.8 Å². The van der Waals surface area contributed by atoms with Crippen LogP contribution in [0.2, 0.25) is 0 Å². The molecule has 2 rings (SSSR count). The van der Waals surface area contributed by atoms with Crippen molar-refractivity contribution in [1.82, 2.24) is 9.97 Å². The van der Waals surface area contributed by atoms with Crippen LogP contribution in [0.5, 0.6) is 0 Å². The minimum atomic E-state index is 0.841. The number of thioether (sulfide) groups is 1. The quantitative estimate of drug-likeness (QED) is 0.740. The first-order chi connectivity index (χ1) is 6.92. The third-order valence-corrected chi connectivity index (χ3v) is 3.09. The first kappa shape index (κ1) is 9.46. The molecule has 3 heteroatoms. The molecule has 0 saturated heterocycles. The van der Waals surface area contributed by atoms with E-state index in [-0.39, 0.29) is 0 Å². The number of allylic oxidation sites excluding steroid dienone is 4. The Labute approximate surface area is 88.2 Å². The summed E-state index contributed by atoms with van der Waals surface area (Å²) in [5.41, 5.74) is 1.18. The van der Waals surface area contributed by atoms with Crippen LogP contribution in [-0.2, 0) is 0 Å². The predicted molar refractivity (Wildman–Crippen MR) is 60.8 cm³/mol. The van der Waals surface area contributed by atoms with Crippen molar-refractivity contribution in [3.8, 4) is 0 Å². The molecule has 0 N–H and O–H groups in total. The number of rotatable bonds is 2. The van der Waals surface area contributed by atoms with Crippen molar-refractivity contribution in [2.24, 2.45) is 0 Å². The van der Waals surface area contributed by atoms with E-state index >= 15 is 0 Å². The Morgan fingerprint density at radius 2 is 2.07 bits per heavy atom. The smallest absolute Gasteiger partial charge is 0.159 e. The van der Waals surface area contributed by atoms with Crippen LogP contribution in [-0.4, -0.2) is 16.2 Å². The highest BCUT2D eigenvalue weighted by atomic mass is 32.2. The second-order valence-corrected chi connectivity index (χ2v) is 3.96. The second-order valence-electron chi connectivity index (χ2n) is 3.05. The Bertz CT molecular complexity index is 368. The summed E-state index contributed by atoms with van der Waals surface area (Å²) < 4.78 is 0. The van der Waals surface area contributed by atoms with Crippen molar-refractivity contribution in [2.75, 3.05) is 6.26 Å². The zero-order valence-corrected chi connectivity index (χ0v) is 8.92. The highest BCUT2D eigenvalue weighted by molar-refractivity contribution is 8.02. The lowest BCUT2D eigenvalue weighted by molar-refractivity contribution is 1.01. The summed E-state index contributed by atoms with van der Waals surface area (Å²) in [6, 6.07) is 1.84. The molecule has 1 aromatic heterocycles. The van der Waals surface area contributed by atoms with Gasteiger partial charge in [0.15, 0.2) is 5.82 Å². The number of hydrogen-bond acceptors (Lipinski definition) is 3. The van der Waals surface area contributed by atoms with E-state index < -0.39 is 0 Å². The van der Waals surface area contributed by atoms with Gasteiger partial charge in [0.2, 0.25) is 0 Å². The Hall–Kier alpha value is -1.09. The number of hydrogen-bond donors (Lipinski definition) is 0. The van der Waals surface area contributed by atoms with Gasteiger partial charge in [-0.1, -0.05) is 12.2 Å². The van der Waals surface area contributed by atoms with Gasteiger partial charge in [0, 0.05) is 18.0 Å². The molecule has 1 aromatic rings. The summed E-state index contributed by atoms with van der Waals surface area (Å²) in [6.45, 7) is 0. The molecule has 0 saturated carbocycles. The highest BCUT2D eigenvalue weighted by Crippen LogP contribution is 2.31. The lowest BCUT2D eigenvalue weighted by Gasteiger charge is -2.12. The largest absolute Gasteiger partial charge is 0.237 e. The molecule has 0 spiro atoms. The Balaban J connectivity index is 2.41. The average molecular weight is 204 g/mol. The summed E-state index contributed by atoms with van der Waals surface area (Å²) in [4.78, 5) is 9.92. The van der Waals surface area contributed by atoms with Gasteiger partial charge in [-0.2, -0.15) is 0 Å². The Kier molecular flexibility index (Phi) is 2.99. The molecule has 0 atom stereocenters. The van der Waals surface area contributed by atoms with E-state index in [9.17, 15) is 0 Å². The maximum atomic E-state index is 4.27. The van der Waals surface area contributed by atoms with Crippen molar-refractivity contribution in [2.45, 2.75) is 12.8 Å². The monoisotopic (exact) mass is 204 g/mol. The standard InChI is InChI=1S/C11H12N2S/c1-14-10-6-3-2-5-9(10)11-12-7-4-8-13-11/h2,4-5,7-8H,3,6H2,1H3. The van der Waals surface area contributed by atoms with Crippen LogP contribution >= 0.6 is 11.8 Å². The Morgan fingerprint density at radius 1 is 1.29 bits per heavy atom. The highest BCUT2D eigenvalue weighted by Gasteiger charge is 2.10. The molecule has 14 heavy (non-hydrogen) atoms. The molecule has 0 radical (unpaired) electrons. The molecule has 0 unspecified atom stereocenters.